The SMILES string of the molecule is CC(=O)C1C(=O)[C@@H]2[C@H](C1=O)[C@]1(Cl)C(Cl)=C(Cl)[C@@]2(Cl)C1(Cl)Cl. The summed E-state index contributed by atoms with van der Waals surface area (Å²) in [5.74, 6) is -5.69. The van der Waals surface area contributed by atoms with Gasteiger partial charge in [0.15, 0.2) is 15.9 Å². The maximum atomic E-state index is 12.5. The lowest BCUT2D eigenvalue weighted by Gasteiger charge is -2.33. The van der Waals surface area contributed by atoms with Crippen LogP contribution < -0.4 is 0 Å². The summed E-state index contributed by atoms with van der Waals surface area (Å²) in [7, 11) is 0. The van der Waals surface area contributed by atoms with Crippen LogP contribution in [0.5, 0.6) is 0 Å². The van der Waals surface area contributed by atoms with Crippen LogP contribution in [-0.4, -0.2) is 31.4 Å². The first-order chi connectivity index (χ1) is 9.45. The molecule has 0 heterocycles. The van der Waals surface area contributed by atoms with E-state index in [1.54, 1.807) is 0 Å². The van der Waals surface area contributed by atoms with E-state index < -0.39 is 49.2 Å². The molecular formula is C12H6Cl6O3. The molecule has 5 atom stereocenters. The lowest BCUT2D eigenvalue weighted by atomic mass is 9.84. The topological polar surface area (TPSA) is 51.2 Å². The van der Waals surface area contributed by atoms with E-state index in [-0.39, 0.29) is 10.1 Å². The number of Topliss-reactive ketones (excluding diaryl/α,β-unsaturated/α-hetero) is 3. The zero-order chi connectivity index (χ0) is 16.1. The van der Waals surface area contributed by atoms with E-state index in [4.69, 9.17) is 69.6 Å². The van der Waals surface area contributed by atoms with E-state index in [2.05, 4.69) is 0 Å². The second-order valence-electron chi connectivity index (χ2n) is 5.43. The number of rotatable bonds is 1. The highest BCUT2D eigenvalue weighted by molar-refractivity contribution is 6.67. The van der Waals surface area contributed by atoms with Crippen LogP contribution in [0.15, 0.2) is 10.1 Å². The van der Waals surface area contributed by atoms with Gasteiger partial charge in [0.1, 0.15) is 21.4 Å². The molecule has 0 spiro atoms. The van der Waals surface area contributed by atoms with Gasteiger partial charge in [0.25, 0.3) is 0 Å². The third-order valence-corrected chi connectivity index (χ3v) is 8.78. The number of fused-ring (bicyclic) bond motifs is 5. The van der Waals surface area contributed by atoms with E-state index in [0.29, 0.717) is 0 Å². The highest BCUT2D eigenvalue weighted by atomic mass is 35.5. The first kappa shape index (κ1) is 16.4. The Kier molecular flexibility index (Phi) is 3.36. The summed E-state index contributed by atoms with van der Waals surface area (Å²) in [4.78, 5) is 32.9. The summed E-state index contributed by atoms with van der Waals surface area (Å²) in [5, 5.41) is -0.310. The van der Waals surface area contributed by atoms with Crippen molar-refractivity contribution in [2.24, 2.45) is 17.8 Å². The Hall–Kier alpha value is 0.490. The van der Waals surface area contributed by atoms with E-state index >= 15 is 0 Å². The number of allylic oxidation sites excluding steroid dienone is 2. The van der Waals surface area contributed by atoms with Crippen molar-refractivity contribution in [2.45, 2.75) is 21.0 Å². The molecule has 0 saturated heterocycles. The van der Waals surface area contributed by atoms with Gasteiger partial charge in [-0.15, -0.1) is 23.2 Å². The molecule has 1 unspecified atom stereocenters. The second kappa shape index (κ2) is 4.31. The number of halogens is 6. The van der Waals surface area contributed by atoms with Crippen molar-refractivity contribution in [3.8, 4) is 0 Å². The average Bonchev–Trinajstić information content (AvgIpc) is 2.75. The summed E-state index contributed by atoms with van der Waals surface area (Å²) in [6, 6.07) is 0. The quantitative estimate of drug-likeness (QED) is 0.491. The first-order valence-electron chi connectivity index (χ1n) is 5.85. The van der Waals surface area contributed by atoms with Crippen LogP contribution in [0.4, 0.5) is 0 Å². The molecule has 21 heavy (non-hydrogen) atoms. The van der Waals surface area contributed by atoms with Gasteiger partial charge >= 0.3 is 0 Å². The molecule has 2 saturated carbocycles. The van der Waals surface area contributed by atoms with E-state index in [1.165, 1.54) is 0 Å². The predicted octanol–water partition coefficient (Wildman–Crippen LogP) is 3.42. The van der Waals surface area contributed by atoms with Crippen molar-refractivity contribution in [2.75, 3.05) is 0 Å². The fourth-order valence-corrected chi connectivity index (χ4v) is 6.56. The van der Waals surface area contributed by atoms with Gasteiger partial charge in [0.05, 0.1) is 21.9 Å². The largest absolute Gasteiger partial charge is 0.299 e. The minimum absolute atomic E-state index is 0.155. The van der Waals surface area contributed by atoms with E-state index in [9.17, 15) is 14.4 Å². The summed E-state index contributed by atoms with van der Waals surface area (Å²) in [5.41, 5.74) is 0. The van der Waals surface area contributed by atoms with Gasteiger partial charge in [0.2, 0.25) is 0 Å². The number of carbonyl (C=O) groups is 3. The highest BCUT2D eigenvalue weighted by Gasteiger charge is 2.87. The molecule has 2 fully saturated rings. The third kappa shape index (κ3) is 1.41. The Balaban J connectivity index is 2.31. The Bertz CT molecular complexity index is 609. The maximum Gasteiger partial charge on any atom is 0.167 e. The Morgan fingerprint density at radius 2 is 1.24 bits per heavy atom. The Morgan fingerprint density at radius 3 is 1.52 bits per heavy atom. The van der Waals surface area contributed by atoms with Crippen molar-refractivity contribution in [1.29, 1.82) is 0 Å². The number of hydrogen-bond donors (Lipinski definition) is 0. The molecule has 0 aromatic rings. The lowest BCUT2D eigenvalue weighted by molar-refractivity contribution is -0.136. The molecule has 114 valence electrons. The number of ketones is 3. The van der Waals surface area contributed by atoms with Gasteiger partial charge < -0.3 is 0 Å². The molecule has 0 aromatic carbocycles. The van der Waals surface area contributed by atoms with Crippen molar-refractivity contribution in [1.82, 2.24) is 0 Å². The predicted molar refractivity (Wildman–Crippen MR) is 81.5 cm³/mol. The summed E-state index contributed by atoms with van der Waals surface area (Å²) >= 11 is 37.6. The number of carbonyl (C=O) groups excluding carboxylic acids is 3. The van der Waals surface area contributed by atoms with Crippen LogP contribution in [0.1, 0.15) is 6.92 Å². The Labute approximate surface area is 149 Å². The van der Waals surface area contributed by atoms with Gasteiger partial charge in [-0.05, 0) is 6.92 Å². The molecule has 9 heteroatoms. The van der Waals surface area contributed by atoms with Crippen LogP contribution >= 0.6 is 69.6 Å². The van der Waals surface area contributed by atoms with Crippen molar-refractivity contribution >= 4 is 87.0 Å². The van der Waals surface area contributed by atoms with Gasteiger partial charge in [-0.25, -0.2) is 0 Å². The molecule has 0 aromatic heterocycles. The third-order valence-electron chi connectivity index (χ3n) is 4.52. The molecule has 2 bridgehead atoms. The highest BCUT2D eigenvalue weighted by Crippen LogP contribution is 2.78. The van der Waals surface area contributed by atoms with Gasteiger partial charge in [-0.2, -0.15) is 0 Å². The van der Waals surface area contributed by atoms with Crippen molar-refractivity contribution in [3.05, 3.63) is 10.1 Å². The molecule has 3 aliphatic rings. The minimum atomic E-state index is -1.94. The van der Waals surface area contributed by atoms with Crippen LogP contribution in [-0.2, 0) is 14.4 Å². The average molecular weight is 411 g/mol. The lowest BCUT2D eigenvalue weighted by Crippen LogP contribution is -2.48. The molecular weight excluding hydrogens is 405 g/mol. The van der Waals surface area contributed by atoms with Gasteiger partial charge in [-0.3, -0.25) is 14.4 Å². The smallest absolute Gasteiger partial charge is 0.167 e. The maximum absolute atomic E-state index is 12.5. The summed E-state index contributed by atoms with van der Waals surface area (Å²) in [6.45, 7) is 1.15. The fraction of sp³-hybridized carbons (Fsp3) is 0.583. The van der Waals surface area contributed by atoms with Crippen LogP contribution in [0.3, 0.4) is 0 Å². The molecule has 0 radical (unpaired) electrons. The van der Waals surface area contributed by atoms with Crippen LogP contribution in [0, 0.1) is 17.8 Å². The minimum Gasteiger partial charge on any atom is -0.299 e. The van der Waals surface area contributed by atoms with Gasteiger partial charge in [-0.1, -0.05) is 46.4 Å². The van der Waals surface area contributed by atoms with E-state index in [1.807, 2.05) is 0 Å². The molecule has 3 nitrogen and oxygen atoms in total. The second-order valence-corrected chi connectivity index (χ2v) is 8.71. The molecule has 0 amide bonds. The molecule has 3 rings (SSSR count). The monoisotopic (exact) mass is 408 g/mol. The first-order valence-corrected chi connectivity index (χ1v) is 8.12. The standard InChI is InChI=1S/C12H6Cl6O3/c1-2(19)3-6(20)4-5(7(3)21)11(16)9(14)8(13)10(4,15)12(11,17)18/h3-5H,1H3/t3?,4-,5+,10+,11-. The molecule has 0 N–H and O–H groups in total. The van der Waals surface area contributed by atoms with Gasteiger partial charge in [0, 0.05) is 0 Å². The Morgan fingerprint density at radius 1 is 0.905 bits per heavy atom. The zero-order valence-corrected chi connectivity index (χ0v) is 14.8. The summed E-state index contributed by atoms with van der Waals surface area (Å²) < 4.78 is -1.94. The summed E-state index contributed by atoms with van der Waals surface area (Å²) in [6.07, 6.45) is 0. The van der Waals surface area contributed by atoms with Crippen LogP contribution in [0.25, 0.3) is 0 Å². The normalized spacial score (nSPS) is 47.3. The number of hydrogen-bond acceptors (Lipinski definition) is 3. The zero-order valence-electron chi connectivity index (χ0n) is 10.2. The van der Waals surface area contributed by atoms with Crippen LogP contribution in [0.2, 0.25) is 0 Å². The number of alkyl halides is 4. The van der Waals surface area contributed by atoms with Crippen molar-refractivity contribution in [3.63, 3.8) is 0 Å². The van der Waals surface area contributed by atoms with E-state index in [0.717, 1.165) is 6.92 Å². The fourth-order valence-electron chi connectivity index (χ4n) is 3.60. The van der Waals surface area contributed by atoms with Crippen molar-refractivity contribution < 1.29 is 14.4 Å². The molecule has 3 aliphatic carbocycles. The molecule has 0 aliphatic heterocycles.